The van der Waals surface area contributed by atoms with Crippen molar-refractivity contribution in [2.45, 2.75) is 31.9 Å². The number of alkyl halides is 3. The van der Waals surface area contributed by atoms with Crippen molar-refractivity contribution in [1.82, 2.24) is 25.5 Å². The van der Waals surface area contributed by atoms with Crippen LogP contribution in [0.2, 0.25) is 0 Å². The van der Waals surface area contributed by atoms with E-state index in [0.29, 0.717) is 27.1 Å². The number of carboxylic acids is 1. The number of amides is 3. The molecule has 0 saturated carbocycles. The first-order valence-corrected chi connectivity index (χ1v) is 12.9. The summed E-state index contributed by atoms with van der Waals surface area (Å²) in [5.41, 5.74) is 2.22. The zero-order valence-corrected chi connectivity index (χ0v) is 22.4. The van der Waals surface area contributed by atoms with E-state index < -0.39 is 55.7 Å². The van der Waals surface area contributed by atoms with Crippen molar-refractivity contribution in [3.05, 3.63) is 101 Å². The van der Waals surface area contributed by atoms with Crippen molar-refractivity contribution in [2.24, 2.45) is 0 Å². The third-order valence-corrected chi connectivity index (χ3v) is 6.17. The number of aliphatic carboxylic acids is 1. The first kappa shape index (κ1) is 30.6. The molecule has 4 aromatic rings. The summed E-state index contributed by atoms with van der Waals surface area (Å²) >= 11 is 0. The molecule has 1 heterocycles. The van der Waals surface area contributed by atoms with Crippen LogP contribution < -0.4 is 10.6 Å². The van der Waals surface area contributed by atoms with Gasteiger partial charge in [-0.1, -0.05) is 54.6 Å². The van der Waals surface area contributed by atoms with Gasteiger partial charge in [-0.05, 0) is 35.4 Å². The fourth-order valence-corrected chi connectivity index (χ4v) is 4.03. The summed E-state index contributed by atoms with van der Waals surface area (Å²) in [6.07, 6.45) is -6.11. The van der Waals surface area contributed by atoms with Crippen LogP contribution in [-0.4, -0.2) is 62.6 Å². The van der Waals surface area contributed by atoms with E-state index in [1.54, 1.807) is 54.6 Å². The van der Waals surface area contributed by atoms with Gasteiger partial charge in [-0.15, -0.1) is 0 Å². The molecule has 4 N–H and O–H groups in total. The molecule has 0 radical (unpaired) electrons. The van der Waals surface area contributed by atoms with E-state index >= 15 is 0 Å². The number of fused-ring (bicyclic) bond motifs is 1. The number of imidazole rings is 1. The number of alkyl carbamates (subject to hydrolysis) is 1. The van der Waals surface area contributed by atoms with E-state index in [1.165, 1.54) is 24.3 Å². The van der Waals surface area contributed by atoms with Gasteiger partial charge in [-0.2, -0.15) is 13.2 Å². The number of ether oxygens (including phenoxy) is 1. The fraction of sp³-hybridized carbons (Fsp3) is 0.207. The smallest absolute Gasteiger partial charge is 0.471 e. The first-order chi connectivity index (χ1) is 20.5. The van der Waals surface area contributed by atoms with Crippen LogP contribution in [0, 0.1) is 0 Å². The monoisotopic (exact) mass is 597 g/mol. The van der Waals surface area contributed by atoms with Crippen molar-refractivity contribution < 1.29 is 42.2 Å². The average Bonchev–Trinajstić information content (AvgIpc) is 3.40. The minimum Gasteiger partial charge on any atom is -0.480 e. The van der Waals surface area contributed by atoms with E-state index in [9.17, 15) is 37.5 Å². The lowest BCUT2D eigenvalue weighted by Gasteiger charge is -2.23. The molecule has 3 amide bonds. The summed E-state index contributed by atoms with van der Waals surface area (Å²) in [7, 11) is 0. The Labute approximate surface area is 242 Å². The zero-order chi connectivity index (χ0) is 31.0. The molecule has 1 aromatic heterocycles. The third kappa shape index (κ3) is 8.55. The molecular weight excluding hydrogens is 571 g/mol. The fourth-order valence-electron chi connectivity index (χ4n) is 4.03. The summed E-state index contributed by atoms with van der Waals surface area (Å²) in [6, 6.07) is 19.5. The molecule has 224 valence electrons. The van der Waals surface area contributed by atoms with Gasteiger partial charge in [0.05, 0.1) is 17.6 Å². The number of benzene rings is 3. The summed E-state index contributed by atoms with van der Waals surface area (Å²) in [5, 5.41) is 14.0. The number of carbonyl (C=O) groups excluding carboxylic acids is 3. The van der Waals surface area contributed by atoms with Crippen LogP contribution in [0.1, 0.15) is 27.3 Å². The number of nitrogens with one attached hydrogen (secondary N) is 3. The van der Waals surface area contributed by atoms with Crippen LogP contribution in [0.4, 0.5) is 18.0 Å². The molecule has 0 aliphatic rings. The Hall–Kier alpha value is -5.40. The van der Waals surface area contributed by atoms with Gasteiger partial charge in [0.15, 0.2) is 0 Å². The highest BCUT2D eigenvalue weighted by atomic mass is 19.4. The molecule has 43 heavy (non-hydrogen) atoms. The van der Waals surface area contributed by atoms with Gasteiger partial charge in [-0.3, -0.25) is 9.59 Å². The number of aromatic nitrogens is 2. The molecule has 0 spiro atoms. The van der Waals surface area contributed by atoms with Gasteiger partial charge < -0.3 is 30.4 Å². The molecule has 3 aromatic carbocycles. The van der Waals surface area contributed by atoms with Crippen molar-refractivity contribution in [3.63, 3.8) is 0 Å². The maximum Gasteiger partial charge on any atom is 0.471 e. The maximum atomic E-state index is 13.3. The Morgan fingerprint density at radius 1 is 0.907 bits per heavy atom. The maximum absolute atomic E-state index is 13.3. The molecule has 0 aliphatic carbocycles. The second-order valence-electron chi connectivity index (χ2n) is 9.36. The van der Waals surface area contributed by atoms with Gasteiger partial charge in [0.1, 0.15) is 18.5 Å². The van der Waals surface area contributed by atoms with Crippen LogP contribution in [0.25, 0.3) is 11.0 Å². The molecular formula is C29H26F3N5O6. The van der Waals surface area contributed by atoms with E-state index in [2.05, 4.69) is 20.6 Å². The summed E-state index contributed by atoms with van der Waals surface area (Å²) in [4.78, 5) is 56.1. The number of aromatic amines is 1. The topological polar surface area (TPSA) is 154 Å². The highest BCUT2D eigenvalue weighted by Gasteiger charge is 2.42. The average molecular weight is 598 g/mol. The molecule has 0 bridgehead atoms. The SMILES string of the molecule is O=C(N[C@@H](CNC(=O)c1ccc(CN(Cc2nc3ccccc3[nH]2)C(=O)C(F)(F)F)cc1)C(=O)O)OCc1ccccc1. The second kappa shape index (κ2) is 13.5. The number of H-pyrrole nitrogens is 1. The lowest BCUT2D eigenvalue weighted by Crippen LogP contribution is -2.48. The third-order valence-electron chi connectivity index (χ3n) is 6.17. The molecule has 0 saturated heterocycles. The van der Waals surface area contributed by atoms with Crippen molar-refractivity contribution in [1.29, 1.82) is 0 Å². The lowest BCUT2D eigenvalue weighted by molar-refractivity contribution is -0.186. The highest BCUT2D eigenvalue weighted by molar-refractivity contribution is 5.94. The number of halogens is 3. The van der Waals surface area contributed by atoms with Gasteiger partial charge in [0.25, 0.3) is 5.91 Å². The van der Waals surface area contributed by atoms with Crippen LogP contribution in [0.3, 0.4) is 0 Å². The van der Waals surface area contributed by atoms with E-state index in [4.69, 9.17) is 4.74 Å². The number of nitrogens with zero attached hydrogens (tertiary/aromatic N) is 2. The van der Waals surface area contributed by atoms with Gasteiger partial charge in [0, 0.05) is 18.7 Å². The van der Waals surface area contributed by atoms with Crippen molar-refractivity contribution in [3.8, 4) is 0 Å². The quantitative estimate of drug-likeness (QED) is 0.205. The molecule has 14 heteroatoms. The Kier molecular flexibility index (Phi) is 9.60. The summed E-state index contributed by atoms with van der Waals surface area (Å²) in [5.74, 6) is -3.99. The Bertz CT molecular complexity index is 1560. The number of hydrogen-bond donors (Lipinski definition) is 4. The molecule has 0 fully saturated rings. The Balaban J connectivity index is 1.35. The van der Waals surface area contributed by atoms with E-state index in [-0.39, 0.29) is 18.0 Å². The number of carbonyl (C=O) groups is 4. The standard InChI is InChI=1S/C29H26F3N5O6/c30-29(31,32)27(41)37(16-24-34-21-8-4-5-9-22(21)35-24)15-18-10-12-20(13-11-18)25(38)33-14-23(26(39)40)36-28(42)43-17-19-6-2-1-3-7-19/h1-13,23H,14-17H2,(H,33,38)(H,34,35)(H,36,42)(H,39,40)/t23-/m0/s1. The summed E-state index contributed by atoms with van der Waals surface area (Å²) < 4.78 is 45.0. The van der Waals surface area contributed by atoms with Gasteiger partial charge >= 0.3 is 24.1 Å². The van der Waals surface area contributed by atoms with E-state index in [1.807, 2.05) is 0 Å². The number of rotatable bonds is 11. The van der Waals surface area contributed by atoms with Crippen LogP contribution in [0.5, 0.6) is 0 Å². The van der Waals surface area contributed by atoms with Gasteiger partial charge in [-0.25, -0.2) is 14.6 Å². The van der Waals surface area contributed by atoms with Crippen molar-refractivity contribution >= 4 is 34.9 Å². The van der Waals surface area contributed by atoms with Crippen LogP contribution in [-0.2, 0) is 34.0 Å². The molecule has 1 atom stereocenters. The lowest BCUT2D eigenvalue weighted by atomic mass is 10.1. The normalized spacial score (nSPS) is 11.9. The van der Waals surface area contributed by atoms with Crippen LogP contribution >= 0.6 is 0 Å². The molecule has 0 unspecified atom stereocenters. The first-order valence-electron chi connectivity index (χ1n) is 12.9. The zero-order valence-electron chi connectivity index (χ0n) is 22.4. The van der Waals surface area contributed by atoms with Crippen LogP contribution in [0.15, 0.2) is 78.9 Å². The number of hydrogen-bond acceptors (Lipinski definition) is 6. The Morgan fingerprint density at radius 3 is 2.23 bits per heavy atom. The number of para-hydroxylation sites is 2. The van der Waals surface area contributed by atoms with Gasteiger partial charge in [0.2, 0.25) is 0 Å². The predicted molar refractivity (Wildman–Crippen MR) is 146 cm³/mol. The predicted octanol–water partition coefficient (Wildman–Crippen LogP) is 3.76. The minimum absolute atomic E-state index is 0.0746. The minimum atomic E-state index is -5.12. The Morgan fingerprint density at radius 2 is 1.58 bits per heavy atom. The summed E-state index contributed by atoms with van der Waals surface area (Å²) in [6.45, 7) is -1.41. The van der Waals surface area contributed by atoms with E-state index in [0.717, 1.165) is 0 Å². The van der Waals surface area contributed by atoms with Crippen molar-refractivity contribution in [2.75, 3.05) is 6.54 Å². The molecule has 0 aliphatic heterocycles. The largest absolute Gasteiger partial charge is 0.480 e. The highest BCUT2D eigenvalue weighted by Crippen LogP contribution is 2.22. The number of carboxylic acid groups (broad SMARTS) is 1. The second-order valence-corrected chi connectivity index (χ2v) is 9.36. The molecule has 11 nitrogen and oxygen atoms in total. The molecule has 4 rings (SSSR count).